The molecule has 1 saturated carbocycles. The Morgan fingerprint density at radius 2 is 1.89 bits per heavy atom. The maximum atomic E-state index is 12.9. The van der Waals surface area contributed by atoms with Crippen molar-refractivity contribution in [3.8, 4) is 0 Å². The van der Waals surface area contributed by atoms with E-state index in [1.807, 2.05) is 12.1 Å². The number of nitrogens with one attached hydrogen (secondary N) is 1. The molecule has 2 aliphatic rings. The Balaban J connectivity index is 1.40. The van der Waals surface area contributed by atoms with E-state index in [-0.39, 0.29) is 23.1 Å². The molecule has 1 N–H and O–H groups in total. The molecule has 1 atom stereocenters. The molecule has 4 rings (SSSR count). The summed E-state index contributed by atoms with van der Waals surface area (Å²) in [5.41, 5.74) is 3.90. The van der Waals surface area contributed by atoms with Gasteiger partial charge in [0.15, 0.2) is 9.84 Å². The van der Waals surface area contributed by atoms with E-state index in [4.69, 9.17) is 0 Å². The van der Waals surface area contributed by atoms with Gasteiger partial charge in [0.25, 0.3) is 5.91 Å². The minimum Gasteiger partial charge on any atom is -0.346 e. The van der Waals surface area contributed by atoms with Crippen molar-refractivity contribution in [1.29, 1.82) is 0 Å². The van der Waals surface area contributed by atoms with Crippen LogP contribution in [0.1, 0.15) is 86.6 Å². The molecule has 0 bridgehead atoms. The summed E-state index contributed by atoms with van der Waals surface area (Å²) >= 11 is 0. The van der Waals surface area contributed by atoms with Crippen LogP contribution in [0.25, 0.3) is 0 Å². The van der Waals surface area contributed by atoms with Gasteiger partial charge in [0, 0.05) is 30.9 Å². The number of sulfone groups is 1. The van der Waals surface area contributed by atoms with Gasteiger partial charge in [0.2, 0.25) is 0 Å². The van der Waals surface area contributed by atoms with Gasteiger partial charge in [0.05, 0.1) is 22.9 Å². The average Bonchev–Trinajstić information content (AvgIpc) is 3.21. The highest BCUT2D eigenvalue weighted by molar-refractivity contribution is 7.91. The molecule has 1 aromatic carbocycles. The summed E-state index contributed by atoms with van der Waals surface area (Å²) in [6.07, 6.45) is 6.70. The predicted molar refractivity (Wildman–Crippen MR) is 139 cm³/mol. The smallest absolute Gasteiger partial charge is 0.251 e. The zero-order valence-corrected chi connectivity index (χ0v) is 22.3. The van der Waals surface area contributed by atoms with Crippen LogP contribution >= 0.6 is 0 Å². The molecule has 0 saturated heterocycles. The van der Waals surface area contributed by atoms with Crippen LogP contribution < -0.4 is 5.32 Å². The van der Waals surface area contributed by atoms with Gasteiger partial charge >= 0.3 is 0 Å². The van der Waals surface area contributed by atoms with E-state index in [1.54, 1.807) is 19.1 Å². The summed E-state index contributed by atoms with van der Waals surface area (Å²) in [6.45, 7) is 10.9. The van der Waals surface area contributed by atoms with Crippen molar-refractivity contribution in [3.63, 3.8) is 0 Å². The molecule has 2 aromatic rings. The molecule has 190 valence electrons. The Morgan fingerprint density at radius 1 is 1.14 bits per heavy atom. The molecule has 1 amide bonds. The standard InChI is InChI=1S/C28H39N3O3S/c1-5-35(33,34)25-12-11-24(29-16-25)15-30-28(32)22-10-13-26-23(14-22)18-31(27(26)19(2)3)17-21-8-6-20(4)7-9-21/h10-14,16,19-21,27H,5-9,15,17-18H2,1-4H3,(H,30,32)/t20?,21?,27-/m1/s1. The highest BCUT2D eigenvalue weighted by atomic mass is 32.2. The second-order valence-electron chi connectivity index (χ2n) is 10.7. The summed E-state index contributed by atoms with van der Waals surface area (Å²) < 4.78 is 23.9. The lowest BCUT2D eigenvalue weighted by atomic mass is 9.82. The largest absolute Gasteiger partial charge is 0.346 e. The fourth-order valence-electron chi connectivity index (χ4n) is 5.63. The molecule has 0 unspecified atom stereocenters. The number of rotatable bonds is 8. The van der Waals surface area contributed by atoms with Gasteiger partial charge in [-0.25, -0.2) is 8.42 Å². The normalized spacial score (nSPS) is 22.8. The number of fused-ring (bicyclic) bond motifs is 1. The number of benzene rings is 1. The van der Waals surface area contributed by atoms with E-state index in [9.17, 15) is 13.2 Å². The lowest BCUT2D eigenvalue weighted by Crippen LogP contribution is -2.32. The molecule has 0 radical (unpaired) electrons. The summed E-state index contributed by atoms with van der Waals surface area (Å²) in [6, 6.07) is 9.73. The summed E-state index contributed by atoms with van der Waals surface area (Å²) in [5.74, 6) is 2.06. The van der Waals surface area contributed by atoms with Crippen molar-refractivity contribution in [2.45, 2.75) is 77.4 Å². The third-order valence-electron chi connectivity index (χ3n) is 7.72. The minimum atomic E-state index is -3.28. The molecule has 0 spiro atoms. The number of aromatic nitrogens is 1. The first kappa shape index (κ1) is 25.8. The first-order chi connectivity index (χ1) is 16.7. The molecular weight excluding hydrogens is 458 g/mol. The number of amides is 1. The van der Waals surface area contributed by atoms with Crippen LogP contribution in [0, 0.1) is 17.8 Å². The summed E-state index contributed by atoms with van der Waals surface area (Å²) in [5, 5.41) is 2.93. The topological polar surface area (TPSA) is 79.4 Å². The SMILES string of the molecule is CCS(=O)(=O)c1ccc(CNC(=O)c2ccc3c(c2)CN(CC2CCC(C)CC2)[C@@H]3C(C)C)nc1. The van der Waals surface area contributed by atoms with E-state index in [2.05, 4.69) is 42.0 Å². The number of pyridine rings is 1. The third-order valence-corrected chi connectivity index (χ3v) is 9.44. The summed E-state index contributed by atoms with van der Waals surface area (Å²) in [4.78, 5) is 19.9. The molecule has 1 aliphatic heterocycles. The number of carbonyl (C=O) groups excluding carboxylic acids is 1. The zero-order chi connectivity index (χ0) is 25.2. The highest BCUT2D eigenvalue weighted by Gasteiger charge is 2.34. The molecule has 1 aliphatic carbocycles. The van der Waals surface area contributed by atoms with E-state index in [0.29, 0.717) is 23.2 Å². The van der Waals surface area contributed by atoms with Crippen molar-refractivity contribution in [2.24, 2.45) is 17.8 Å². The Kier molecular flexibility index (Phi) is 7.96. The van der Waals surface area contributed by atoms with Crippen molar-refractivity contribution >= 4 is 15.7 Å². The third kappa shape index (κ3) is 5.95. The van der Waals surface area contributed by atoms with Crippen LogP contribution in [0.15, 0.2) is 41.4 Å². The minimum absolute atomic E-state index is 0.0397. The Hall–Kier alpha value is -2.25. The van der Waals surface area contributed by atoms with Crippen molar-refractivity contribution in [2.75, 3.05) is 12.3 Å². The van der Waals surface area contributed by atoms with Gasteiger partial charge in [-0.2, -0.15) is 0 Å². The maximum absolute atomic E-state index is 12.9. The molecule has 7 heteroatoms. The van der Waals surface area contributed by atoms with E-state index >= 15 is 0 Å². The first-order valence-electron chi connectivity index (χ1n) is 13.0. The average molecular weight is 498 g/mol. The van der Waals surface area contributed by atoms with Gasteiger partial charge in [-0.15, -0.1) is 0 Å². The van der Waals surface area contributed by atoms with E-state index in [1.165, 1.54) is 43.0 Å². The Labute approximate surface area is 210 Å². The second-order valence-corrected chi connectivity index (χ2v) is 13.0. The number of hydrogen-bond donors (Lipinski definition) is 1. The Bertz CT molecular complexity index is 1140. The maximum Gasteiger partial charge on any atom is 0.251 e. The summed E-state index contributed by atoms with van der Waals surface area (Å²) in [7, 11) is -3.28. The van der Waals surface area contributed by atoms with E-state index < -0.39 is 9.84 Å². The van der Waals surface area contributed by atoms with Gasteiger partial charge in [-0.05, 0) is 66.0 Å². The molecule has 35 heavy (non-hydrogen) atoms. The van der Waals surface area contributed by atoms with Gasteiger partial charge in [-0.3, -0.25) is 14.7 Å². The van der Waals surface area contributed by atoms with Crippen LogP contribution in [0.5, 0.6) is 0 Å². The van der Waals surface area contributed by atoms with Gasteiger partial charge in [0.1, 0.15) is 0 Å². The highest BCUT2D eigenvalue weighted by Crippen LogP contribution is 2.41. The van der Waals surface area contributed by atoms with Crippen LogP contribution in [0.4, 0.5) is 0 Å². The molecule has 1 fully saturated rings. The van der Waals surface area contributed by atoms with Crippen LogP contribution in [0.3, 0.4) is 0 Å². The van der Waals surface area contributed by atoms with Crippen LogP contribution in [0.2, 0.25) is 0 Å². The van der Waals surface area contributed by atoms with Crippen LogP contribution in [-0.4, -0.2) is 36.5 Å². The van der Waals surface area contributed by atoms with Crippen molar-refractivity contribution in [1.82, 2.24) is 15.2 Å². The lowest BCUT2D eigenvalue weighted by Gasteiger charge is -2.34. The number of hydrogen-bond acceptors (Lipinski definition) is 5. The lowest BCUT2D eigenvalue weighted by molar-refractivity contribution is 0.0950. The van der Waals surface area contributed by atoms with Gasteiger partial charge in [-0.1, -0.05) is 46.6 Å². The quantitative estimate of drug-likeness (QED) is 0.546. The van der Waals surface area contributed by atoms with Gasteiger partial charge < -0.3 is 5.32 Å². The number of nitrogens with zero attached hydrogens (tertiary/aromatic N) is 2. The Morgan fingerprint density at radius 3 is 2.51 bits per heavy atom. The fourth-order valence-corrected chi connectivity index (χ4v) is 6.45. The molecule has 6 nitrogen and oxygen atoms in total. The zero-order valence-electron chi connectivity index (χ0n) is 21.5. The predicted octanol–water partition coefficient (Wildman–Crippen LogP) is 5.14. The van der Waals surface area contributed by atoms with Crippen molar-refractivity contribution < 1.29 is 13.2 Å². The number of carbonyl (C=O) groups is 1. The molecule has 1 aromatic heterocycles. The van der Waals surface area contributed by atoms with Crippen molar-refractivity contribution in [3.05, 3.63) is 58.9 Å². The fraction of sp³-hybridized carbons (Fsp3) is 0.571. The van der Waals surface area contributed by atoms with E-state index in [0.717, 1.165) is 24.9 Å². The second kappa shape index (κ2) is 10.8. The van der Waals surface area contributed by atoms with Crippen LogP contribution in [-0.2, 0) is 22.9 Å². The molecular formula is C28H39N3O3S. The first-order valence-corrected chi connectivity index (χ1v) is 14.7. The monoisotopic (exact) mass is 497 g/mol. The molecule has 2 heterocycles.